The van der Waals surface area contributed by atoms with Crippen molar-refractivity contribution < 1.29 is 4.79 Å². The van der Waals surface area contributed by atoms with Gasteiger partial charge in [-0.2, -0.15) is 0 Å². The first-order valence-corrected chi connectivity index (χ1v) is 8.63. The van der Waals surface area contributed by atoms with Gasteiger partial charge in [0.2, 0.25) is 5.91 Å². The van der Waals surface area contributed by atoms with Gasteiger partial charge in [0.05, 0.1) is 5.92 Å². The van der Waals surface area contributed by atoms with Gasteiger partial charge in [0.25, 0.3) is 0 Å². The number of rotatable bonds is 5. The molecule has 22 heavy (non-hydrogen) atoms. The Kier molecular flexibility index (Phi) is 6.01. The third kappa shape index (κ3) is 3.89. The van der Waals surface area contributed by atoms with Crippen LogP contribution in [0.3, 0.4) is 0 Å². The molecule has 2 rings (SSSR count). The molecule has 0 aromatic heterocycles. The average Bonchev–Trinajstić information content (AvgIpc) is 2.55. The van der Waals surface area contributed by atoms with Crippen LogP contribution in [-0.4, -0.2) is 29.9 Å². The molecule has 1 aliphatic heterocycles. The third-order valence-corrected chi connectivity index (χ3v) is 5.15. The Labute approximate surface area is 134 Å². The first kappa shape index (κ1) is 17.0. The van der Waals surface area contributed by atoms with Crippen LogP contribution in [0.1, 0.15) is 51.5 Å². The minimum Gasteiger partial charge on any atom is -0.342 e. The van der Waals surface area contributed by atoms with Crippen molar-refractivity contribution in [1.29, 1.82) is 0 Å². The van der Waals surface area contributed by atoms with Gasteiger partial charge in [-0.3, -0.25) is 4.79 Å². The molecule has 1 heterocycles. The van der Waals surface area contributed by atoms with Gasteiger partial charge >= 0.3 is 0 Å². The number of amides is 1. The zero-order chi connectivity index (χ0) is 16.1. The molecule has 1 aliphatic rings. The van der Waals surface area contributed by atoms with Crippen LogP contribution in [0.4, 0.5) is 0 Å². The topological polar surface area (TPSA) is 46.3 Å². The minimum absolute atomic E-state index is 0.0296. The lowest BCUT2D eigenvalue weighted by Gasteiger charge is -2.37. The van der Waals surface area contributed by atoms with Gasteiger partial charge in [-0.1, -0.05) is 50.6 Å². The quantitative estimate of drug-likeness (QED) is 0.906. The van der Waals surface area contributed by atoms with Crippen LogP contribution in [0.15, 0.2) is 30.3 Å². The van der Waals surface area contributed by atoms with E-state index in [1.54, 1.807) is 0 Å². The van der Waals surface area contributed by atoms with E-state index < -0.39 is 0 Å². The lowest BCUT2D eigenvalue weighted by Crippen LogP contribution is -2.47. The van der Waals surface area contributed by atoms with E-state index in [0.29, 0.717) is 11.8 Å². The van der Waals surface area contributed by atoms with Crippen LogP contribution in [0.5, 0.6) is 0 Å². The highest BCUT2D eigenvalue weighted by Gasteiger charge is 2.33. The Morgan fingerprint density at radius 1 is 1.32 bits per heavy atom. The van der Waals surface area contributed by atoms with Gasteiger partial charge in [-0.15, -0.1) is 0 Å². The summed E-state index contributed by atoms with van der Waals surface area (Å²) in [5.74, 6) is 1.04. The Balaban J connectivity index is 2.19. The van der Waals surface area contributed by atoms with E-state index in [2.05, 4.69) is 37.8 Å². The van der Waals surface area contributed by atoms with Crippen molar-refractivity contribution >= 4 is 5.91 Å². The second-order valence-corrected chi connectivity index (χ2v) is 6.82. The molecule has 1 saturated heterocycles. The lowest BCUT2D eigenvalue weighted by atomic mass is 9.83. The van der Waals surface area contributed by atoms with Gasteiger partial charge in [0.1, 0.15) is 0 Å². The van der Waals surface area contributed by atoms with Crippen LogP contribution in [0, 0.1) is 11.8 Å². The van der Waals surface area contributed by atoms with Gasteiger partial charge in [-0.05, 0) is 37.2 Å². The molecule has 122 valence electrons. The fourth-order valence-electron chi connectivity index (χ4n) is 3.45. The average molecular weight is 302 g/mol. The summed E-state index contributed by atoms with van der Waals surface area (Å²) in [6.07, 6.45) is 3.22. The molecule has 1 aromatic carbocycles. The van der Waals surface area contributed by atoms with E-state index in [4.69, 9.17) is 5.73 Å². The van der Waals surface area contributed by atoms with Crippen LogP contribution >= 0.6 is 0 Å². The zero-order valence-corrected chi connectivity index (χ0v) is 14.2. The molecule has 0 aliphatic carbocycles. The summed E-state index contributed by atoms with van der Waals surface area (Å²) in [6, 6.07) is 10.4. The molecule has 0 bridgehead atoms. The zero-order valence-electron chi connectivity index (χ0n) is 14.2. The van der Waals surface area contributed by atoms with Crippen molar-refractivity contribution in [3.8, 4) is 0 Å². The Morgan fingerprint density at radius 2 is 2.00 bits per heavy atom. The Hall–Kier alpha value is -1.35. The summed E-state index contributed by atoms with van der Waals surface area (Å²) in [6.45, 7) is 8.09. The van der Waals surface area contributed by atoms with E-state index in [0.717, 1.165) is 37.9 Å². The summed E-state index contributed by atoms with van der Waals surface area (Å²) >= 11 is 0. The van der Waals surface area contributed by atoms with Crippen molar-refractivity contribution in [2.24, 2.45) is 17.6 Å². The monoisotopic (exact) mass is 302 g/mol. The maximum atomic E-state index is 13.2. The first-order chi connectivity index (χ1) is 10.5. The van der Waals surface area contributed by atoms with Gasteiger partial charge in [0.15, 0.2) is 0 Å². The number of likely N-dealkylation sites (tertiary alicyclic amines) is 1. The summed E-state index contributed by atoms with van der Waals surface area (Å²) in [5.41, 5.74) is 7.21. The molecule has 3 nitrogen and oxygen atoms in total. The van der Waals surface area contributed by atoms with E-state index in [-0.39, 0.29) is 17.9 Å². The van der Waals surface area contributed by atoms with Crippen molar-refractivity contribution in [2.45, 2.75) is 52.0 Å². The fraction of sp³-hybridized carbons (Fsp3) is 0.632. The number of carbonyl (C=O) groups excluding carboxylic acids is 1. The third-order valence-electron chi connectivity index (χ3n) is 5.15. The molecule has 0 saturated carbocycles. The van der Waals surface area contributed by atoms with Crippen molar-refractivity contribution in [1.82, 2.24) is 4.90 Å². The maximum Gasteiger partial charge on any atom is 0.230 e. The SMILES string of the molecule is CCC(C)C(C(=O)N1CCCC(C(C)N)C1)c1ccccc1. The molecular weight excluding hydrogens is 272 g/mol. The number of nitrogens with zero attached hydrogens (tertiary/aromatic N) is 1. The van der Waals surface area contributed by atoms with Crippen molar-refractivity contribution in [2.75, 3.05) is 13.1 Å². The number of hydrogen-bond donors (Lipinski definition) is 1. The normalized spacial score (nSPS) is 22.9. The molecule has 0 radical (unpaired) electrons. The fourth-order valence-corrected chi connectivity index (χ4v) is 3.45. The molecular formula is C19H30N2O. The summed E-state index contributed by atoms with van der Waals surface area (Å²) in [4.78, 5) is 15.2. The van der Waals surface area contributed by atoms with Crippen LogP contribution in [-0.2, 0) is 4.79 Å². The predicted molar refractivity (Wildman–Crippen MR) is 91.6 cm³/mol. The number of carbonyl (C=O) groups is 1. The van der Waals surface area contributed by atoms with E-state index >= 15 is 0 Å². The molecule has 4 atom stereocenters. The molecule has 1 aromatic rings. The van der Waals surface area contributed by atoms with Gasteiger partial charge in [-0.25, -0.2) is 0 Å². The standard InChI is InChI=1S/C19H30N2O/c1-4-14(2)18(16-9-6-5-7-10-16)19(22)21-12-8-11-17(13-21)15(3)20/h5-7,9-10,14-15,17-18H,4,8,11-13,20H2,1-3H3. The van der Waals surface area contributed by atoms with E-state index in [9.17, 15) is 4.79 Å². The number of benzene rings is 1. The highest BCUT2D eigenvalue weighted by atomic mass is 16.2. The first-order valence-electron chi connectivity index (χ1n) is 8.63. The largest absolute Gasteiger partial charge is 0.342 e. The number of piperidine rings is 1. The van der Waals surface area contributed by atoms with E-state index in [1.165, 1.54) is 0 Å². The summed E-state index contributed by atoms with van der Waals surface area (Å²) in [7, 11) is 0. The number of nitrogens with two attached hydrogens (primary N) is 1. The number of hydrogen-bond acceptors (Lipinski definition) is 2. The van der Waals surface area contributed by atoms with Crippen molar-refractivity contribution in [3.63, 3.8) is 0 Å². The lowest BCUT2D eigenvalue weighted by molar-refractivity contribution is -0.136. The predicted octanol–water partition coefficient (Wildman–Crippen LogP) is 3.40. The van der Waals surface area contributed by atoms with Gasteiger partial charge < -0.3 is 10.6 Å². The molecule has 4 unspecified atom stereocenters. The second-order valence-electron chi connectivity index (χ2n) is 6.82. The minimum atomic E-state index is -0.0296. The van der Waals surface area contributed by atoms with Gasteiger partial charge in [0, 0.05) is 19.1 Å². The van der Waals surface area contributed by atoms with Crippen LogP contribution in [0.25, 0.3) is 0 Å². The van der Waals surface area contributed by atoms with E-state index in [1.807, 2.05) is 18.2 Å². The van der Waals surface area contributed by atoms with Crippen LogP contribution < -0.4 is 5.73 Å². The maximum absolute atomic E-state index is 13.2. The molecule has 1 fully saturated rings. The summed E-state index contributed by atoms with van der Waals surface area (Å²) in [5, 5.41) is 0. The molecule has 3 heteroatoms. The second kappa shape index (κ2) is 7.77. The summed E-state index contributed by atoms with van der Waals surface area (Å²) < 4.78 is 0. The highest BCUT2D eigenvalue weighted by Crippen LogP contribution is 2.31. The van der Waals surface area contributed by atoms with Crippen molar-refractivity contribution in [3.05, 3.63) is 35.9 Å². The highest BCUT2D eigenvalue weighted by molar-refractivity contribution is 5.84. The molecule has 2 N–H and O–H groups in total. The Bertz CT molecular complexity index is 472. The van der Waals surface area contributed by atoms with Crippen LogP contribution in [0.2, 0.25) is 0 Å². The molecule has 1 amide bonds. The Morgan fingerprint density at radius 3 is 2.59 bits per heavy atom. The smallest absolute Gasteiger partial charge is 0.230 e. The molecule has 0 spiro atoms.